The second kappa shape index (κ2) is 5.04. The Kier molecular flexibility index (Phi) is 3.99. The minimum atomic E-state index is 0. The lowest BCUT2D eigenvalue weighted by Crippen LogP contribution is -2.19. The number of nitrogens with one attached hydrogen (secondary N) is 1. The van der Waals surface area contributed by atoms with E-state index in [9.17, 15) is 0 Å². The van der Waals surface area contributed by atoms with E-state index in [0.29, 0.717) is 6.10 Å². The largest absolute Gasteiger partial charge is 0.489 e. The van der Waals surface area contributed by atoms with Gasteiger partial charge in [0.15, 0.2) is 0 Å². The topological polar surface area (TPSA) is 34.1 Å². The molecule has 72 valence electrons. The van der Waals surface area contributed by atoms with E-state index in [4.69, 9.17) is 4.74 Å². The predicted octanol–water partition coefficient (Wildman–Crippen LogP) is 1.24. The molecular weight excluding hydrogens is 188 g/mol. The van der Waals surface area contributed by atoms with Crippen molar-refractivity contribution in [3.8, 4) is 5.75 Å². The van der Waals surface area contributed by atoms with Gasteiger partial charge >= 0.3 is 0 Å². The lowest BCUT2D eigenvalue weighted by Gasteiger charge is -2.11. The van der Waals surface area contributed by atoms with Crippen LogP contribution >= 0.6 is 12.4 Å². The normalized spacial score (nSPS) is 20.8. The van der Waals surface area contributed by atoms with Crippen LogP contribution in [0.2, 0.25) is 0 Å². The molecule has 1 aliphatic heterocycles. The minimum Gasteiger partial charge on any atom is -0.489 e. The van der Waals surface area contributed by atoms with Crippen LogP contribution in [0.5, 0.6) is 5.75 Å². The van der Waals surface area contributed by atoms with Crippen molar-refractivity contribution in [2.45, 2.75) is 12.5 Å². The summed E-state index contributed by atoms with van der Waals surface area (Å²) >= 11 is 0. The molecule has 1 saturated heterocycles. The second-order valence-corrected chi connectivity index (χ2v) is 2.92. The highest BCUT2D eigenvalue weighted by molar-refractivity contribution is 5.85. The van der Waals surface area contributed by atoms with E-state index in [1.807, 2.05) is 12.1 Å². The van der Waals surface area contributed by atoms with Crippen molar-refractivity contribution in [3.63, 3.8) is 0 Å². The molecule has 0 radical (unpaired) electrons. The van der Waals surface area contributed by atoms with E-state index in [0.717, 1.165) is 25.3 Å². The fraction of sp³-hybridized carbons (Fsp3) is 0.444. The van der Waals surface area contributed by atoms with Crippen LogP contribution in [0.1, 0.15) is 6.42 Å². The first kappa shape index (κ1) is 10.3. The van der Waals surface area contributed by atoms with E-state index in [1.165, 1.54) is 0 Å². The van der Waals surface area contributed by atoms with Gasteiger partial charge in [-0.3, -0.25) is 4.98 Å². The number of pyridine rings is 1. The second-order valence-electron chi connectivity index (χ2n) is 2.92. The smallest absolute Gasteiger partial charge is 0.122 e. The van der Waals surface area contributed by atoms with Crippen molar-refractivity contribution < 1.29 is 4.74 Å². The number of hydrogen-bond donors (Lipinski definition) is 1. The summed E-state index contributed by atoms with van der Waals surface area (Å²) in [4.78, 5) is 3.92. The summed E-state index contributed by atoms with van der Waals surface area (Å²) in [5, 5.41) is 3.25. The quantitative estimate of drug-likeness (QED) is 0.780. The molecule has 1 aromatic rings. The third-order valence-corrected chi connectivity index (χ3v) is 1.97. The Morgan fingerprint density at radius 1 is 1.38 bits per heavy atom. The lowest BCUT2D eigenvalue weighted by molar-refractivity contribution is 0.223. The number of rotatable bonds is 2. The standard InChI is InChI=1S/C9H12N2O.ClH/c1-4-10-5-2-8(1)12-9-3-6-11-7-9;/h1-2,4-5,9,11H,3,6-7H2;1H/t9-;/m0./s1. The van der Waals surface area contributed by atoms with Crippen LogP contribution in [0.25, 0.3) is 0 Å². The van der Waals surface area contributed by atoms with Gasteiger partial charge in [-0.25, -0.2) is 0 Å². The number of nitrogens with zero attached hydrogens (tertiary/aromatic N) is 1. The van der Waals surface area contributed by atoms with Gasteiger partial charge < -0.3 is 10.1 Å². The molecule has 1 aliphatic rings. The zero-order chi connectivity index (χ0) is 8.23. The molecule has 1 aromatic heterocycles. The third kappa shape index (κ3) is 2.86. The van der Waals surface area contributed by atoms with Crippen LogP contribution in [0.4, 0.5) is 0 Å². The molecule has 0 unspecified atom stereocenters. The number of ether oxygens (including phenoxy) is 1. The Morgan fingerprint density at radius 2 is 2.15 bits per heavy atom. The summed E-state index contributed by atoms with van der Waals surface area (Å²) in [6.45, 7) is 2.03. The molecule has 4 heteroatoms. The fourth-order valence-electron chi connectivity index (χ4n) is 1.34. The fourth-order valence-corrected chi connectivity index (χ4v) is 1.34. The highest BCUT2D eigenvalue weighted by Crippen LogP contribution is 2.12. The predicted molar refractivity (Wildman–Crippen MR) is 53.4 cm³/mol. The Balaban J connectivity index is 0.000000845. The summed E-state index contributed by atoms with van der Waals surface area (Å²) in [5.74, 6) is 0.915. The summed E-state index contributed by atoms with van der Waals surface area (Å²) in [5.41, 5.74) is 0. The van der Waals surface area contributed by atoms with Crippen molar-refractivity contribution in [1.29, 1.82) is 0 Å². The van der Waals surface area contributed by atoms with Gasteiger partial charge in [0.2, 0.25) is 0 Å². The van der Waals surface area contributed by atoms with Gasteiger partial charge in [-0.15, -0.1) is 12.4 Å². The van der Waals surface area contributed by atoms with E-state index in [1.54, 1.807) is 12.4 Å². The van der Waals surface area contributed by atoms with Crippen LogP contribution in [0, 0.1) is 0 Å². The van der Waals surface area contributed by atoms with Gasteiger partial charge in [0, 0.05) is 18.9 Å². The van der Waals surface area contributed by atoms with Gasteiger partial charge in [-0.2, -0.15) is 0 Å². The molecular formula is C9H13ClN2O. The molecule has 2 heterocycles. The molecule has 1 atom stereocenters. The molecule has 0 saturated carbocycles. The first-order valence-electron chi connectivity index (χ1n) is 4.22. The Morgan fingerprint density at radius 3 is 2.77 bits per heavy atom. The van der Waals surface area contributed by atoms with Gasteiger partial charge in [-0.05, 0) is 25.1 Å². The zero-order valence-electron chi connectivity index (χ0n) is 7.27. The average molecular weight is 201 g/mol. The molecule has 0 amide bonds. The molecule has 0 bridgehead atoms. The van der Waals surface area contributed by atoms with E-state index in [2.05, 4.69) is 10.3 Å². The van der Waals surface area contributed by atoms with Gasteiger partial charge in [0.05, 0.1) is 0 Å². The van der Waals surface area contributed by atoms with Crippen molar-refractivity contribution >= 4 is 12.4 Å². The van der Waals surface area contributed by atoms with Crippen LogP contribution in [0.15, 0.2) is 24.5 Å². The number of hydrogen-bond acceptors (Lipinski definition) is 3. The maximum atomic E-state index is 5.67. The molecule has 13 heavy (non-hydrogen) atoms. The van der Waals surface area contributed by atoms with Crippen molar-refractivity contribution in [2.75, 3.05) is 13.1 Å². The lowest BCUT2D eigenvalue weighted by atomic mass is 10.3. The first-order chi connectivity index (χ1) is 5.95. The molecule has 0 spiro atoms. The van der Waals surface area contributed by atoms with Crippen molar-refractivity contribution in [2.24, 2.45) is 0 Å². The van der Waals surface area contributed by atoms with E-state index >= 15 is 0 Å². The minimum absolute atomic E-state index is 0. The van der Waals surface area contributed by atoms with Crippen LogP contribution in [-0.4, -0.2) is 24.2 Å². The van der Waals surface area contributed by atoms with Crippen molar-refractivity contribution in [1.82, 2.24) is 10.3 Å². The van der Waals surface area contributed by atoms with Crippen LogP contribution < -0.4 is 10.1 Å². The molecule has 3 nitrogen and oxygen atoms in total. The Hall–Kier alpha value is -0.800. The SMILES string of the molecule is Cl.c1cc(O[C@H]2CCNC2)ccn1. The maximum absolute atomic E-state index is 5.67. The molecule has 1 fully saturated rings. The van der Waals surface area contributed by atoms with Crippen LogP contribution in [-0.2, 0) is 0 Å². The molecule has 2 rings (SSSR count). The van der Waals surface area contributed by atoms with E-state index in [-0.39, 0.29) is 12.4 Å². The first-order valence-corrected chi connectivity index (χ1v) is 4.22. The van der Waals surface area contributed by atoms with Crippen LogP contribution in [0.3, 0.4) is 0 Å². The van der Waals surface area contributed by atoms with Gasteiger partial charge in [-0.1, -0.05) is 0 Å². The monoisotopic (exact) mass is 200 g/mol. The Bertz CT molecular complexity index is 237. The molecule has 0 aliphatic carbocycles. The highest BCUT2D eigenvalue weighted by atomic mass is 35.5. The van der Waals surface area contributed by atoms with Crippen molar-refractivity contribution in [3.05, 3.63) is 24.5 Å². The summed E-state index contributed by atoms with van der Waals surface area (Å²) in [7, 11) is 0. The summed E-state index contributed by atoms with van der Waals surface area (Å²) in [6.07, 6.45) is 4.94. The van der Waals surface area contributed by atoms with Gasteiger partial charge in [0.1, 0.15) is 11.9 Å². The average Bonchev–Trinajstić information content (AvgIpc) is 2.59. The van der Waals surface area contributed by atoms with Gasteiger partial charge in [0.25, 0.3) is 0 Å². The zero-order valence-corrected chi connectivity index (χ0v) is 8.09. The maximum Gasteiger partial charge on any atom is 0.122 e. The highest BCUT2D eigenvalue weighted by Gasteiger charge is 2.15. The molecule has 1 N–H and O–H groups in total. The number of halogens is 1. The molecule has 0 aromatic carbocycles. The number of aromatic nitrogens is 1. The van der Waals surface area contributed by atoms with E-state index < -0.39 is 0 Å². The summed E-state index contributed by atoms with van der Waals surface area (Å²) < 4.78 is 5.67. The Labute approximate surface area is 83.9 Å². The summed E-state index contributed by atoms with van der Waals surface area (Å²) in [6, 6.07) is 3.77. The third-order valence-electron chi connectivity index (χ3n) is 1.97.